The van der Waals surface area contributed by atoms with E-state index < -0.39 is 0 Å². The fourth-order valence-corrected chi connectivity index (χ4v) is 1.52. The van der Waals surface area contributed by atoms with Gasteiger partial charge in [-0.3, -0.25) is 0 Å². The van der Waals surface area contributed by atoms with Crippen LogP contribution in [0.15, 0.2) is 0 Å². The summed E-state index contributed by atoms with van der Waals surface area (Å²) >= 11 is 0. The van der Waals surface area contributed by atoms with Crippen molar-refractivity contribution >= 4 is 0 Å². The normalized spacial score (nSPS) is 15.2. The summed E-state index contributed by atoms with van der Waals surface area (Å²) < 4.78 is 0. The third-order valence-electron chi connectivity index (χ3n) is 2.79. The Bertz CT molecular complexity index is 113. The van der Waals surface area contributed by atoms with Crippen LogP contribution in [0.5, 0.6) is 0 Å². The van der Waals surface area contributed by atoms with Crippen molar-refractivity contribution < 1.29 is 0 Å². The van der Waals surface area contributed by atoms with Gasteiger partial charge < -0.3 is 4.90 Å². The molecule has 0 saturated heterocycles. The second-order valence-corrected chi connectivity index (χ2v) is 4.83. The highest BCUT2D eigenvalue weighted by Gasteiger charge is 2.23. The van der Waals surface area contributed by atoms with Crippen molar-refractivity contribution in [3.8, 4) is 0 Å². The number of rotatable bonds is 4. The van der Waals surface area contributed by atoms with Crippen LogP contribution in [0, 0.1) is 11.3 Å². The Morgan fingerprint density at radius 1 is 1.17 bits per heavy atom. The standard InChI is InChI=1S/C11H25N/c1-7-10(11(3,4)5)9-12(6)8-2/h10H,7-9H2,1-6H3. The molecule has 0 aromatic carbocycles. The molecule has 0 aliphatic carbocycles. The number of nitrogens with zero attached hydrogens (tertiary/aromatic N) is 1. The van der Waals surface area contributed by atoms with Gasteiger partial charge in [0.25, 0.3) is 0 Å². The fraction of sp³-hybridized carbons (Fsp3) is 1.00. The van der Waals surface area contributed by atoms with Gasteiger partial charge in [0.05, 0.1) is 0 Å². The molecule has 0 heterocycles. The quantitative estimate of drug-likeness (QED) is 0.628. The first-order valence-corrected chi connectivity index (χ1v) is 5.10. The molecule has 0 radical (unpaired) electrons. The summed E-state index contributed by atoms with van der Waals surface area (Å²) in [6, 6.07) is 0. The summed E-state index contributed by atoms with van der Waals surface area (Å²) in [5.41, 5.74) is 0.457. The molecule has 0 amide bonds. The van der Waals surface area contributed by atoms with Crippen molar-refractivity contribution in [2.24, 2.45) is 11.3 Å². The molecular formula is C11H25N. The maximum absolute atomic E-state index is 2.40. The summed E-state index contributed by atoms with van der Waals surface area (Å²) in [4.78, 5) is 2.40. The number of hydrogen-bond donors (Lipinski definition) is 0. The van der Waals surface area contributed by atoms with E-state index in [9.17, 15) is 0 Å². The van der Waals surface area contributed by atoms with Gasteiger partial charge in [-0.25, -0.2) is 0 Å². The molecule has 12 heavy (non-hydrogen) atoms. The van der Waals surface area contributed by atoms with Crippen LogP contribution in [0.3, 0.4) is 0 Å². The lowest BCUT2D eigenvalue weighted by atomic mass is 9.79. The molecule has 1 nitrogen and oxygen atoms in total. The zero-order chi connectivity index (χ0) is 9.78. The topological polar surface area (TPSA) is 3.24 Å². The maximum atomic E-state index is 2.40. The van der Waals surface area contributed by atoms with E-state index in [1.165, 1.54) is 13.0 Å². The van der Waals surface area contributed by atoms with E-state index in [0.717, 1.165) is 12.5 Å². The first-order chi connectivity index (χ1) is 5.41. The van der Waals surface area contributed by atoms with E-state index in [4.69, 9.17) is 0 Å². The van der Waals surface area contributed by atoms with Crippen molar-refractivity contribution in [3.05, 3.63) is 0 Å². The van der Waals surface area contributed by atoms with Crippen LogP contribution >= 0.6 is 0 Å². The molecule has 0 N–H and O–H groups in total. The second-order valence-electron chi connectivity index (χ2n) is 4.83. The monoisotopic (exact) mass is 171 g/mol. The van der Waals surface area contributed by atoms with Gasteiger partial charge in [-0.05, 0) is 24.9 Å². The third-order valence-corrected chi connectivity index (χ3v) is 2.79. The van der Waals surface area contributed by atoms with E-state index in [1.54, 1.807) is 0 Å². The Labute approximate surface area is 78.1 Å². The van der Waals surface area contributed by atoms with Gasteiger partial charge >= 0.3 is 0 Å². The van der Waals surface area contributed by atoms with Crippen LogP contribution < -0.4 is 0 Å². The molecule has 0 fully saturated rings. The zero-order valence-corrected chi connectivity index (χ0v) is 9.65. The lowest BCUT2D eigenvalue weighted by molar-refractivity contribution is 0.167. The Morgan fingerprint density at radius 3 is 1.92 bits per heavy atom. The van der Waals surface area contributed by atoms with Crippen molar-refractivity contribution in [1.82, 2.24) is 4.90 Å². The molecule has 0 rings (SSSR count). The molecule has 0 spiro atoms. The Kier molecular flexibility index (Phi) is 4.84. The Hall–Kier alpha value is -0.0400. The van der Waals surface area contributed by atoms with Gasteiger partial charge in [0.15, 0.2) is 0 Å². The summed E-state index contributed by atoms with van der Waals surface area (Å²) in [5.74, 6) is 0.822. The molecule has 0 aromatic rings. The fourth-order valence-electron chi connectivity index (χ4n) is 1.52. The summed E-state index contributed by atoms with van der Waals surface area (Å²) in [5, 5.41) is 0. The first kappa shape index (κ1) is 12.0. The summed E-state index contributed by atoms with van der Waals surface area (Å²) in [6.45, 7) is 13.9. The Morgan fingerprint density at radius 2 is 1.67 bits per heavy atom. The maximum Gasteiger partial charge on any atom is 0.00114 e. The predicted molar refractivity (Wildman–Crippen MR) is 56.4 cm³/mol. The smallest absolute Gasteiger partial charge is 0.00114 e. The molecule has 74 valence electrons. The van der Waals surface area contributed by atoms with Crippen LogP contribution in [0.1, 0.15) is 41.0 Å². The van der Waals surface area contributed by atoms with E-state index >= 15 is 0 Å². The highest BCUT2D eigenvalue weighted by Crippen LogP contribution is 2.28. The first-order valence-electron chi connectivity index (χ1n) is 5.10. The largest absolute Gasteiger partial charge is 0.306 e. The molecule has 0 aromatic heterocycles. The lowest BCUT2D eigenvalue weighted by Crippen LogP contribution is -2.32. The van der Waals surface area contributed by atoms with E-state index in [2.05, 4.69) is 46.6 Å². The summed E-state index contributed by atoms with van der Waals surface area (Å²) in [6.07, 6.45) is 1.29. The SMILES string of the molecule is CCC(CN(C)CC)C(C)(C)C. The van der Waals surface area contributed by atoms with Crippen molar-refractivity contribution in [1.29, 1.82) is 0 Å². The van der Waals surface area contributed by atoms with Crippen LogP contribution in [0.25, 0.3) is 0 Å². The van der Waals surface area contributed by atoms with Crippen molar-refractivity contribution in [2.75, 3.05) is 20.1 Å². The van der Waals surface area contributed by atoms with Gasteiger partial charge in [-0.1, -0.05) is 41.0 Å². The average molecular weight is 171 g/mol. The summed E-state index contributed by atoms with van der Waals surface area (Å²) in [7, 11) is 2.20. The second kappa shape index (κ2) is 4.86. The molecule has 0 saturated carbocycles. The lowest BCUT2D eigenvalue weighted by Gasteiger charge is -2.33. The van der Waals surface area contributed by atoms with Gasteiger partial charge in [0.1, 0.15) is 0 Å². The van der Waals surface area contributed by atoms with E-state index in [1.807, 2.05) is 0 Å². The molecular weight excluding hydrogens is 146 g/mol. The van der Waals surface area contributed by atoms with Gasteiger partial charge in [0.2, 0.25) is 0 Å². The van der Waals surface area contributed by atoms with Crippen molar-refractivity contribution in [2.45, 2.75) is 41.0 Å². The predicted octanol–water partition coefficient (Wildman–Crippen LogP) is 3.01. The van der Waals surface area contributed by atoms with Crippen molar-refractivity contribution in [3.63, 3.8) is 0 Å². The third kappa shape index (κ3) is 4.10. The van der Waals surface area contributed by atoms with Gasteiger partial charge in [-0.15, -0.1) is 0 Å². The molecule has 0 bridgehead atoms. The molecule has 0 aliphatic rings. The minimum atomic E-state index is 0.457. The average Bonchev–Trinajstić information content (AvgIpc) is 1.97. The molecule has 0 aliphatic heterocycles. The highest BCUT2D eigenvalue weighted by molar-refractivity contribution is 4.74. The van der Waals surface area contributed by atoms with Gasteiger partial charge in [0, 0.05) is 6.54 Å². The minimum absolute atomic E-state index is 0.457. The Balaban J connectivity index is 4.00. The molecule has 1 atom stereocenters. The van der Waals surface area contributed by atoms with Crippen LogP contribution in [0.2, 0.25) is 0 Å². The van der Waals surface area contributed by atoms with Gasteiger partial charge in [-0.2, -0.15) is 0 Å². The zero-order valence-electron chi connectivity index (χ0n) is 9.65. The van der Waals surface area contributed by atoms with Crippen LogP contribution in [-0.4, -0.2) is 25.0 Å². The number of hydrogen-bond acceptors (Lipinski definition) is 1. The van der Waals surface area contributed by atoms with E-state index in [0.29, 0.717) is 5.41 Å². The van der Waals surface area contributed by atoms with Crippen LogP contribution in [0.4, 0.5) is 0 Å². The molecule has 1 heteroatoms. The highest BCUT2D eigenvalue weighted by atomic mass is 15.1. The van der Waals surface area contributed by atoms with Crippen LogP contribution in [-0.2, 0) is 0 Å². The minimum Gasteiger partial charge on any atom is -0.306 e. The van der Waals surface area contributed by atoms with E-state index in [-0.39, 0.29) is 0 Å². The molecule has 1 unspecified atom stereocenters.